The largest absolute Gasteiger partial charge is 0.478 e. The highest BCUT2D eigenvalue weighted by molar-refractivity contribution is 5.88. The zero-order valence-electron chi connectivity index (χ0n) is 12.3. The topological polar surface area (TPSA) is 49.8 Å². The van der Waals surface area contributed by atoms with Gasteiger partial charge in [-0.2, -0.15) is 0 Å². The van der Waals surface area contributed by atoms with Crippen molar-refractivity contribution >= 4 is 11.7 Å². The highest BCUT2D eigenvalue weighted by atomic mass is 16.5. The van der Waals surface area contributed by atoms with Crippen molar-refractivity contribution in [3.63, 3.8) is 0 Å². The highest BCUT2D eigenvalue weighted by Gasteiger charge is 2.23. The van der Waals surface area contributed by atoms with Crippen LogP contribution in [0.1, 0.15) is 22.3 Å². The Morgan fingerprint density at radius 3 is 2.55 bits per heavy atom. The molecule has 1 saturated heterocycles. The number of aromatic carboxylic acids is 1. The number of carbonyl (C=O) groups is 1. The molecule has 0 spiro atoms. The average molecular weight is 297 g/mol. The van der Waals surface area contributed by atoms with Crippen LogP contribution in [-0.2, 0) is 11.3 Å². The average Bonchev–Trinajstić information content (AvgIpc) is 3.03. The van der Waals surface area contributed by atoms with Gasteiger partial charge < -0.3 is 14.7 Å². The fourth-order valence-corrected chi connectivity index (χ4v) is 2.70. The third-order valence-electron chi connectivity index (χ3n) is 3.95. The van der Waals surface area contributed by atoms with Crippen molar-refractivity contribution in [3.05, 3.63) is 65.7 Å². The number of ether oxygens (including phenoxy) is 1. The fraction of sp³-hybridized carbons (Fsp3) is 0.278. The normalized spacial score (nSPS) is 17.6. The minimum absolute atomic E-state index is 0.222. The molecule has 22 heavy (non-hydrogen) atoms. The summed E-state index contributed by atoms with van der Waals surface area (Å²) < 4.78 is 5.97. The van der Waals surface area contributed by atoms with E-state index in [1.165, 1.54) is 5.56 Å². The van der Waals surface area contributed by atoms with Crippen LogP contribution in [0.25, 0.3) is 0 Å². The molecule has 2 aromatic rings. The fourth-order valence-electron chi connectivity index (χ4n) is 2.70. The van der Waals surface area contributed by atoms with Crippen molar-refractivity contribution in [2.75, 3.05) is 18.0 Å². The van der Waals surface area contributed by atoms with Crippen LogP contribution in [0.5, 0.6) is 0 Å². The number of hydrogen-bond donors (Lipinski definition) is 1. The summed E-state index contributed by atoms with van der Waals surface area (Å²) in [5.74, 6) is -0.892. The van der Waals surface area contributed by atoms with E-state index >= 15 is 0 Å². The molecule has 1 unspecified atom stereocenters. The third-order valence-corrected chi connectivity index (χ3v) is 3.95. The first-order valence-corrected chi connectivity index (χ1v) is 7.46. The summed E-state index contributed by atoms with van der Waals surface area (Å²) in [5, 5.41) is 8.93. The number of nitrogens with zero attached hydrogens (tertiary/aromatic N) is 1. The summed E-state index contributed by atoms with van der Waals surface area (Å²) in [6.07, 6.45) is 1.22. The Labute approximate surface area is 130 Å². The van der Waals surface area contributed by atoms with Gasteiger partial charge in [-0.3, -0.25) is 0 Å². The molecule has 1 aliphatic rings. The van der Waals surface area contributed by atoms with Gasteiger partial charge in [-0.15, -0.1) is 0 Å². The van der Waals surface area contributed by atoms with E-state index in [9.17, 15) is 4.79 Å². The summed E-state index contributed by atoms with van der Waals surface area (Å²) in [4.78, 5) is 13.1. The van der Waals surface area contributed by atoms with E-state index in [1.54, 1.807) is 12.1 Å². The molecule has 1 atom stereocenters. The Morgan fingerprint density at radius 2 is 1.86 bits per heavy atom. The predicted molar refractivity (Wildman–Crippen MR) is 85.3 cm³/mol. The SMILES string of the molecule is O=C(O)c1ccc(N2CCC(OCc3ccccc3)C2)cc1. The Morgan fingerprint density at radius 1 is 1.14 bits per heavy atom. The Kier molecular flexibility index (Phi) is 4.39. The number of carboxylic acids is 1. The minimum atomic E-state index is -0.892. The molecule has 1 fully saturated rings. The van der Waals surface area contributed by atoms with Gasteiger partial charge >= 0.3 is 5.97 Å². The molecular weight excluding hydrogens is 278 g/mol. The van der Waals surface area contributed by atoms with E-state index in [2.05, 4.69) is 17.0 Å². The predicted octanol–water partition coefficient (Wildman–Crippen LogP) is 3.18. The highest BCUT2D eigenvalue weighted by Crippen LogP contribution is 2.23. The van der Waals surface area contributed by atoms with Gasteiger partial charge in [0, 0.05) is 18.8 Å². The van der Waals surface area contributed by atoms with Gasteiger partial charge in [0.2, 0.25) is 0 Å². The summed E-state index contributed by atoms with van der Waals surface area (Å²) in [6.45, 7) is 2.42. The van der Waals surface area contributed by atoms with Crippen molar-refractivity contribution in [2.24, 2.45) is 0 Å². The van der Waals surface area contributed by atoms with Crippen LogP contribution in [0.4, 0.5) is 5.69 Å². The molecule has 2 aromatic carbocycles. The maximum Gasteiger partial charge on any atom is 0.335 e. The smallest absolute Gasteiger partial charge is 0.335 e. The van der Waals surface area contributed by atoms with Crippen LogP contribution in [0, 0.1) is 0 Å². The summed E-state index contributed by atoms with van der Waals surface area (Å²) in [7, 11) is 0. The van der Waals surface area contributed by atoms with Crippen LogP contribution in [0.3, 0.4) is 0 Å². The number of anilines is 1. The monoisotopic (exact) mass is 297 g/mol. The van der Waals surface area contributed by atoms with Crippen LogP contribution in [0.15, 0.2) is 54.6 Å². The van der Waals surface area contributed by atoms with Crippen LogP contribution in [0.2, 0.25) is 0 Å². The third kappa shape index (κ3) is 3.46. The Balaban J connectivity index is 1.54. The molecule has 0 radical (unpaired) electrons. The molecule has 0 aromatic heterocycles. The van der Waals surface area contributed by atoms with E-state index in [0.29, 0.717) is 12.2 Å². The van der Waals surface area contributed by atoms with E-state index in [0.717, 1.165) is 25.2 Å². The first kappa shape index (κ1) is 14.6. The maximum atomic E-state index is 10.9. The van der Waals surface area contributed by atoms with Crippen molar-refractivity contribution in [1.82, 2.24) is 0 Å². The van der Waals surface area contributed by atoms with Crippen molar-refractivity contribution in [2.45, 2.75) is 19.1 Å². The number of carboxylic acid groups (broad SMARTS) is 1. The zero-order chi connectivity index (χ0) is 15.4. The quantitative estimate of drug-likeness (QED) is 0.921. The molecule has 0 saturated carbocycles. The van der Waals surface area contributed by atoms with Crippen LogP contribution >= 0.6 is 0 Å². The standard InChI is InChI=1S/C18H19NO3/c20-18(21)15-6-8-16(9-7-15)19-11-10-17(12-19)22-13-14-4-2-1-3-5-14/h1-9,17H,10-13H2,(H,20,21). The van der Waals surface area contributed by atoms with E-state index in [1.807, 2.05) is 30.3 Å². The van der Waals surface area contributed by atoms with Crippen LogP contribution < -0.4 is 4.90 Å². The first-order valence-electron chi connectivity index (χ1n) is 7.46. The Hall–Kier alpha value is -2.33. The van der Waals surface area contributed by atoms with E-state index in [-0.39, 0.29) is 6.10 Å². The molecule has 0 bridgehead atoms. The minimum Gasteiger partial charge on any atom is -0.478 e. The van der Waals surface area contributed by atoms with Crippen LogP contribution in [-0.4, -0.2) is 30.3 Å². The van der Waals surface area contributed by atoms with Crippen molar-refractivity contribution in [3.8, 4) is 0 Å². The molecule has 114 valence electrons. The summed E-state index contributed by atoms with van der Waals surface area (Å²) >= 11 is 0. The summed E-state index contributed by atoms with van der Waals surface area (Å²) in [5.41, 5.74) is 2.56. The van der Waals surface area contributed by atoms with E-state index in [4.69, 9.17) is 9.84 Å². The lowest BCUT2D eigenvalue weighted by Gasteiger charge is -2.19. The molecule has 0 aliphatic carbocycles. The zero-order valence-corrected chi connectivity index (χ0v) is 12.3. The van der Waals surface area contributed by atoms with Gasteiger partial charge in [0.25, 0.3) is 0 Å². The van der Waals surface area contributed by atoms with E-state index < -0.39 is 5.97 Å². The van der Waals surface area contributed by atoms with Gasteiger partial charge in [-0.25, -0.2) is 4.79 Å². The molecule has 1 N–H and O–H groups in total. The second kappa shape index (κ2) is 6.62. The maximum absolute atomic E-state index is 10.9. The van der Waals surface area contributed by atoms with Gasteiger partial charge in [0.05, 0.1) is 18.3 Å². The van der Waals surface area contributed by atoms with Gasteiger partial charge in [0.15, 0.2) is 0 Å². The number of hydrogen-bond acceptors (Lipinski definition) is 3. The Bertz CT molecular complexity index is 625. The molecule has 4 heteroatoms. The lowest BCUT2D eigenvalue weighted by Crippen LogP contribution is -2.22. The molecule has 1 aliphatic heterocycles. The molecular formula is C18H19NO3. The molecule has 0 amide bonds. The molecule has 1 heterocycles. The summed E-state index contributed by atoms with van der Waals surface area (Å²) in [6, 6.07) is 17.2. The second-order valence-electron chi connectivity index (χ2n) is 5.51. The first-order chi connectivity index (χ1) is 10.7. The lowest BCUT2D eigenvalue weighted by atomic mass is 10.2. The van der Waals surface area contributed by atoms with Gasteiger partial charge in [-0.1, -0.05) is 30.3 Å². The van der Waals surface area contributed by atoms with Crippen molar-refractivity contribution < 1.29 is 14.6 Å². The number of rotatable bonds is 5. The lowest BCUT2D eigenvalue weighted by molar-refractivity contribution is 0.0553. The number of benzene rings is 2. The molecule has 4 nitrogen and oxygen atoms in total. The van der Waals surface area contributed by atoms with Gasteiger partial charge in [-0.05, 0) is 36.2 Å². The van der Waals surface area contributed by atoms with Crippen molar-refractivity contribution in [1.29, 1.82) is 0 Å². The second-order valence-corrected chi connectivity index (χ2v) is 5.51. The van der Waals surface area contributed by atoms with Gasteiger partial charge in [0.1, 0.15) is 0 Å². The molecule has 3 rings (SSSR count).